The SMILES string of the molecule is COc1ccc(OC)c(N(CC(=O)N(Cc2ccc(Cl)cc2Cl)[C@H](C)C(=O)NC(C)(C)C)S(=O)(=O)c2ccccc2)c1. The summed E-state index contributed by atoms with van der Waals surface area (Å²) in [6.07, 6.45) is 0. The van der Waals surface area contributed by atoms with Crippen molar-refractivity contribution in [1.29, 1.82) is 0 Å². The van der Waals surface area contributed by atoms with E-state index in [1.54, 1.807) is 49.4 Å². The van der Waals surface area contributed by atoms with Gasteiger partial charge in [-0.3, -0.25) is 13.9 Å². The van der Waals surface area contributed by atoms with E-state index in [1.807, 2.05) is 20.8 Å². The summed E-state index contributed by atoms with van der Waals surface area (Å²) in [6.45, 7) is 6.31. The van der Waals surface area contributed by atoms with Crippen molar-refractivity contribution in [2.24, 2.45) is 0 Å². The molecule has 0 aromatic heterocycles. The maximum Gasteiger partial charge on any atom is 0.264 e. The molecule has 0 radical (unpaired) electrons. The minimum absolute atomic E-state index is 0.0338. The van der Waals surface area contributed by atoms with Crippen molar-refractivity contribution in [2.45, 2.75) is 50.7 Å². The van der Waals surface area contributed by atoms with Gasteiger partial charge >= 0.3 is 0 Å². The Kier molecular flexibility index (Phi) is 10.8. The number of nitrogens with zero attached hydrogens (tertiary/aromatic N) is 2. The van der Waals surface area contributed by atoms with Crippen LogP contribution in [0, 0.1) is 0 Å². The van der Waals surface area contributed by atoms with Crippen molar-refractivity contribution < 1.29 is 27.5 Å². The van der Waals surface area contributed by atoms with Crippen LogP contribution in [0.15, 0.2) is 71.6 Å². The molecule has 1 atom stereocenters. The van der Waals surface area contributed by atoms with Gasteiger partial charge < -0.3 is 19.7 Å². The predicted molar refractivity (Wildman–Crippen MR) is 165 cm³/mol. The molecule has 1 N–H and O–H groups in total. The number of sulfonamides is 1. The lowest BCUT2D eigenvalue weighted by Crippen LogP contribution is -2.54. The molecule has 3 aromatic carbocycles. The first-order valence-corrected chi connectivity index (χ1v) is 15.2. The maximum atomic E-state index is 14.2. The van der Waals surface area contributed by atoms with Gasteiger partial charge in [0.1, 0.15) is 24.1 Å². The Morgan fingerprint density at radius 1 is 0.952 bits per heavy atom. The number of nitrogens with one attached hydrogen (secondary N) is 1. The van der Waals surface area contributed by atoms with Gasteiger partial charge in [-0.15, -0.1) is 0 Å². The molecule has 0 aliphatic heterocycles. The highest BCUT2D eigenvalue weighted by Crippen LogP contribution is 2.36. The van der Waals surface area contributed by atoms with E-state index >= 15 is 0 Å². The number of anilines is 1. The number of methoxy groups -OCH3 is 2. The summed E-state index contributed by atoms with van der Waals surface area (Å²) in [7, 11) is -1.45. The molecule has 0 bridgehead atoms. The standard InChI is InChI=1S/C30H35Cl2N3O6S/c1-20(29(37)33-30(2,3)4)34(18-21-12-13-22(31)16-25(21)32)28(36)19-35(42(38,39)24-10-8-7-9-11-24)26-17-23(40-5)14-15-27(26)41-6/h7-17,20H,18-19H2,1-6H3,(H,33,37)/t20-/m1/s1. The molecular formula is C30H35Cl2N3O6S. The summed E-state index contributed by atoms with van der Waals surface area (Å²) in [4.78, 5) is 28.7. The Bertz CT molecular complexity index is 1530. The summed E-state index contributed by atoms with van der Waals surface area (Å²) >= 11 is 12.5. The van der Waals surface area contributed by atoms with Gasteiger partial charge in [-0.25, -0.2) is 8.42 Å². The molecule has 226 valence electrons. The highest BCUT2D eigenvalue weighted by atomic mass is 35.5. The number of hydrogen-bond acceptors (Lipinski definition) is 6. The van der Waals surface area contributed by atoms with E-state index in [-0.39, 0.29) is 22.9 Å². The number of ether oxygens (including phenoxy) is 2. The van der Waals surface area contributed by atoms with Gasteiger partial charge in [0.2, 0.25) is 11.8 Å². The maximum absolute atomic E-state index is 14.2. The third-order valence-electron chi connectivity index (χ3n) is 6.29. The molecule has 42 heavy (non-hydrogen) atoms. The quantitative estimate of drug-likeness (QED) is 0.297. The van der Waals surface area contributed by atoms with E-state index in [0.717, 1.165) is 4.31 Å². The van der Waals surface area contributed by atoms with Crippen molar-refractivity contribution in [1.82, 2.24) is 10.2 Å². The Morgan fingerprint density at radius 2 is 1.62 bits per heavy atom. The summed E-state index contributed by atoms with van der Waals surface area (Å²) in [5.41, 5.74) is 0.0424. The molecule has 0 heterocycles. The summed E-state index contributed by atoms with van der Waals surface area (Å²) in [5.74, 6) is -0.512. The number of rotatable bonds is 11. The molecule has 0 saturated heterocycles. The van der Waals surface area contributed by atoms with Crippen LogP contribution in [0.1, 0.15) is 33.3 Å². The summed E-state index contributed by atoms with van der Waals surface area (Å²) in [5, 5.41) is 3.59. The normalized spacial score (nSPS) is 12.3. The predicted octanol–water partition coefficient (Wildman–Crippen LogP) is 5.54. The molecule has 3 rings (SSSR count). The first-order valence-electron chi connectivity index (χ1n) is 13.0. The molecule has 12 heteroatoms. The van der Waals surface area contributed by atoms with Gasteiger partial charge in [0.15, 0.2) is 0 Å². The van der Waals surface area contributed by atoms with Gasteiger partial charge in [0.05, 0.1) is 24.8 Å². The van der Waals surface area contributed by atoms with Crippen LogP contribution in [-0.4, -0.2) is 57.5 Å². The number of benzene rings is 3. The number of halogens is 2. The lowest BCUT2D eigenvalue weighted by molar-refractivity contribution is -0.140. The molecule has 3 aromatic rings. The molecule has 2 amide bonds. The number of carbonyl (C=O) groups excluding carboxylic acids is 2. The van der Waals surface area contributed by atoms with Crippen molar-refractivity contribution >= 4 is 50.7 Å². The molecule has 0 aliphatic carbocycles. The monoisotopic (exact) mass is 635 g/mol. The molecule has 0 fully saturated rings. The van der Waals surface area contributed by atoms with E-state index in [0.29, 0.717) is 21.4 Å². The highest BCUT2D eigenvalue weighted by molar-refractivity contribution is 7.92. The van der Waals surface area contributed by atoms with Crippen LogP contribution >= 0.6 is 23.2 Å². The minimum atomic E-state index is -4.30. The molecule has 9 nitrogen and oxygen atoms in total. The van der Waals surface area contributed by atoms with E-state index in [9.17, 15) is 18.0 Å². The smallest absolute Gasteiger partial charge is 0.264 e. The van der Waals surface area contributed by atoms with Crippen LogP contribution in [-0.2, 0) is 26.2 Å². The fourth-order valence-electron chi connectivity index (χ4n) is 4.11. The second-order valence-corrected chi connectivity index (χ2v) is 13.2. The topological polar surface area (TPSA) is 105 Å². The second-order valence-electron chi connectivity index (χ2n) is 10.5. The van der Waals surface area contributed by atoms with Crippen LogP contribution in [0.2, 0.25) is 10.0 Å². The van der Waals surface area contributed by atoms with Gasteiger partial charge in [-0.05, 0) is 69.7 Å². The van der Waals surface area contributed by atoms with Crippen molar-refractivity contribution in [2.75, 3.05) is 25.1 Å². The molecule has 0 unspecified atom stereocenters. The van der Waals surface area contributed by atoms with Crippen LogP contribution in [0.4, 0.5) is 5.69 Å². The second kappa shape index (κ2) is 13.7. The van der Waals surface area contributed by atoms with Gasteiger partial charge in [-0.1, -0.05) is 47.5 Å². The van der Waals surface area contributed by atoms with Crippen molar-refractivity contribution in [3.63, 3.8) is 0 Å². The van der Waals surface area contributed by atoms with Crippen LogP contribution < -0.4 is 19.1 Å². The van der Waals surface area contributed by atoms with E-state index in [2.05, 4.69) is 5.32 Å². The Balaban J connectivity index is 2.14. The first kappa shape index (κ1) is 33.0. The fourth-order valence-corrected chi connectivity index (χ4v) is 6.02. The van der Waals surface area contributed by atoms with Crippen molar-refractivity contribution in [3.05, 3.63) is 82.3 Å². The van der Waals surface area contributed by atoms with Gasteiger partial charge in [0, 0.05) is 28.2 Å². The number of amides is 2. The Labute approximate surface area is 257 Å². The van der Waals surface area contributed by atoms with E-state index in [1.165, 1.54) is 43.4 Å². The van der Waals surface area contributed by atoms with Crippen LogP contribution in [0.5, 0.6) is 11.5 Å². The Morgan fingerprint density at radius 3 is 2.19 bits per heavy atom. The minimum Gasteiger partial charge on any atom is -0.497 e. The molecular weight excluding hydrogens is 601 g/mol. The largest absolute Gasteiger partial charge is 0.497 e. The average Bonchev–Trinajstić information content (AvgIpc) is 2.94. The third-order valence-corrected chi connectivity index (χ3v) is 8.65. The molecule has 0 aliphatic rings. The average molecular weight is 637 g/mol. The lowest BCUT2D eigenvalue weighted by Gasteiger charge is -2.34. The Hall–Kier alpha value is -3.47. The highest BCUT2D eigenvalue weighted by Gasteiger charge is 2.35. The zero-order chi connectivity index (χ0) is 31.2. The zero-order valence-corrected chi connectivity index (χ0v) is 26.7. The van der Waals surface area contributed by atoms with E-state index in [4.69, 9.17) is 32.7 Å². The van der Waals surface area contributed by atoms with Crippen LogP contribution in [0.25, 0.3) is 0 Å². The third kappa shape index (κ3) is 8.08. The molecule has 0 spiro atoms. The lowest BCUT2D eigenvalue weighted by atomic mass is 10.1. The van der Waals surface area contributed by atoms with Gasteiger partial charge in [0.25, 0.3) is 10.0 Å². The summed E-state index contributed by atoms with van der Waals surface area (Å²) in [6, 6.07) is 16.2. The number of carbonyl (C=O) groups is 2. The zero-order valence-electron chi connectivity index (χ0n) is 24.4. The van der Waals surface area contributed by atoms with Crippen molar-refractivity contribution in [3.8, 4) is 11.5 Å². The number of hydrogen-bond donors (Lipinski definition) is 1. The van der Waals surface area contributed by atoms with Gasteiger partial charge in [-0.2, -0.15) is 0 Å². The first-order chi connectivity index (χ1) is 19.7. The molecule has 0 saturated carbocycles. The van der Waals surface area contributed by atoms with E-state index < -0.39 is 40.0 Å². The van der Waals surface area contributed by atoms with Crippen LogP contribution in [0.3, 0.4) is 0 Å². The summed E-state index contributed by atoms with van der Waals surface area (Å²) < 4.78 is 39.9. The fraction of sp³-hybridized carbons (Fsp3) is 0.333.